The van der Waals surface area contributed by atoms with Crippen molar-refractivity contribution in [2.24, 2.45) is 5.73 Å². The van der Waals surface area contributed by atoms with Crippen molar-refractivity contribution in [2.45, 2.75) is 13.5 Å². The second-order valence-corrected chi connectivity index (χ2v) is 4.49. The Morgan fingerprint density at radius 1 is 1.58 bits per heavy atom. The lowest BCUT2D eigenvalue weighted by Crippen LogP contribution is -2.13. The maximum atomic E-state index is 11.5. The summed E-state index contributed by atoms with van der Waals surface area (Å²) < 4.78 is 12.3. The Morgan fingerprint density at radius 2 is 2.32 bits per heavy atom. The summed E-state index contributed by atoms with van der Waals surface area (Å²) in [6.07, 6.45) is 1.55. The molecule has 0 aromatic carbocycles. The smallest absolute Gasteiger partial charge is 0.252 e. The lowest BCUT2D eigenvalue weighted by Gasteiger charge is -2.09. The molecule has 2 aromatic heterocycles. The number of carbonyl (C=O) groups excluding carboxylic acids is 1. The van der Waals surface area contributed by atoms with Crippen molar-refractivity contribution in [3.05, 3.63) is 34.7 Å². The number of primary amides is 1. The number of furan rings is 1. The Balaban J connectivity index is 2.62. The summed E-state index contributed by atoms with van der Waals surface area (Å²) in [5, 5.41) is 0.316. The number of amides is 1. The van der Waals surface area contributed by atoms with E-state index in [1.807, 2.05) is 4.57 Å². The zero-order valence-electron chi connectivity index (χ0n) is 10.8. The van der Waals surface area contributed by atoms with E-state index < -0.39 is 5.91 Å². The second kappa shape index (κ2) is 5.50. The predicted octanol–water partition coefficient (Wildman–Crippen LogP) is 2.46. The highest BCUT2D eigenvalue weighted by molar-refractivity contribution is 6.36. The van der Waals surface area contributed by atoms with Gasteiger partial charge < -0.3 is 19.5 Å². The number of hydrogen-bond donors (Lipinski definition) is 1. The van der Waals surface area contributed by atoms with Gasteiger partial charge in [0.1, 0.15) is 5.69 Å². The molecule has 2 heterocycles. The molecule has 2 rings (SSSR count). The van der Waals surface area contributed by atoms with Gasteiger partial charge in [-0.3, -0.25) is 4.79 Å². The number of ether oxygens (including phenoxy) is 1. The van der Waals surface area contributed by atoms with Crippen molar-refractivity contribution in [3.63, 3.8) is 0 Å². The van der Waals surface area contributed by atoms with Gasteiger partial charge in [-0.25, -0.2) is 0 Å². The molecule has 0 saturated carbocycles. The van der Waals surface area contributed by atoms with Crippen LogP contribution in [0.1, 0.15) is 16.1 Å². The molecule has 0 bridgehead atoms. The number of nitrogens with zero attached hydrogens (tertiary/aromatic N) is 1. The molecule has 0 aliphatic rings. The van der Waals surface area contributed by atoms with Crippen LogP contribution in [0.5, 0.6) is 0 Å². The van der Waals surface area contributed by atoms with E-state index in [2.05, 4.69) is 0 Å². The molecule has 2 N–H and O–H groups in total. The first kappa shape index (κ1) is 13.7. The lowest BCUT2D eigenvalue weighted by molar-refractivity contribution is 0.0999. The Kier molecular flexibility index (Phi) is 3.97. The third-order valence-electron chi connectivity index (χ3n) is 2.98. The van der Waals surface area contributed by atoms with Gasteiger partial charge in [-0.2, -0.15) is 0 Å². The van der Waals surface area contributed by atoms with E-state index in [-0.39, 0.29) is 0 Å². The molecule has 1 amide bonds. The van der Waals surface area contributed by atoms with Crippen LogP contribution in [0.4, 0.5) is 0 Å². The Bertz CT molecular complexity index is 588. The molecule has 102 valence electrons. The molecule has 0 saturated heterocycles. The molecule has 6 heteroatoms. The quantitative estimate of drug-likeness (QED) is 0.916. The van der Waals surface area contributed by atoms with Crippen LogP contribution >= 0.6 is 11.6 Å². The number of halogens is 1. The summed E-state index contributed by atoms with van der Waals surface area (Å²) in [7, 11) is 1.61. The number of aromatic nitrogens is 1. The molecule has 0 radical (unpaired) electrons. The molecule has 0 aliphatic carbocycles. The molecule has 2 aromatic rings. The normalized spacial score (nSPS) is 10.9. The van der Waals surface area contributed by atoms with Crippen LogP contribution in [0.3, 0.4) is 0 Å². The molecule has 0 spiro atoms. The van der Waals surface area contributed by atoms with E-state index in [1.165, 1.54) is 0 Å². The van der Waals surface area contributed by atoms with Gasteiger partial charge in [0.25, 0.3) is 5.91 Å². The van der Waals surface area contributed by atoms with E-state index in [0.29, 0.717) is 40.9 Å². The summed E-state index contributed by atoms with van der Waals surface area (Å²) in [4.78, 5) is 11.5. The van der Waals surface area contributed by atoms with Gasteiger partial charge in [-0.15, -0.1) is 0 Å². The number of carbonyl (C=O) groups is 1. The first-order valence-electron chi connectivity index (χ1n) is 5.79. The van der Waals surface area contributed by atoms with E-state index in [0.717, 1.165) is 0 Å². The van der Waals surface area contributed by atoms with Crippen LogP contribution in [-0.4, -0.2) is 24.2 Å². The summed E-state index contributed by atoms with van der Waals surface area (Å²) in [6.45, 7) is 2.86. The fourth-order valence-corrected chi connectivity index (χ4v) is 2.53. The average molecular weight is 283 g/mol. The summed E-state index contributed by atoms with van der Waals surface area (Å²) in [6, 6.07) is 3.55. The molecule has 5 nitrogen and oxygen atoms in total. The Morgan fingerprint density at radius 3 is 2.84 bits per heavy atom. The maximum absolute atomic E-state index is 11.5. The van der Waals surface area contributed by atoms with Gasteiger partial charge in [-0.1, -0.05) is 11.6 Å². The fourth-order valence-electron chi connectivity index (χ4n) is 2.10. The van der Waals surface area contributed by atoms with Gasteiger partial charge in [0, 0.05) is 19.3 Å². The Hall–Kier alpha value is -1.72. The van der Waals surface area contributed by atoms with Gasteiger partial charge in [0.2, 0.25) is 0 Å². The highest BCUT2D eigenvalue weighted by Crippen LogP contribution is 2.35. The van der Waals surface area contributed by atoms with E-state index >= 15 is 0 Å². The zero-order chi connectivity index (χ0) is 14.0. The highest BCUT2D eigenvalue weighted by Gasteiger charge is 2.24. The molecule has 0 atom stereocenters. The van der Waals surface area contributed by atoms with E-state index in [1.54, 1.807) is 32.4 Å². The third kappa shape index (κ3) is 2.39. The van der Waals surface area contributed by atoms with Crippen molar-refractivity contribution in [1.82, 2.24) is 4.57 Å². The summed E-state index contributed by atoms with van der Waals surface area (Å²) >= 11 is 6.28. The molecule has 0 fully saturated rings. The van der Waals surface area contributed by atoms with Gasteiger partial charge in [0.15, 0.2) is 5.76 Å². The lowest BCUT2D eigenvalue weighted by atomic mass is 10.2. The largest absolute Gasteiger partial charge is 0.463 e. The van der Waals surface area contributed by atoms with Crippen molar-refractivity contribution < 1.29 is 13.9 Å². The number of methoxy groups -OCH3 is 1. The number of rotatable bonds is 5. The van der Waals surface area contributed by atoms with E-state index in [4.69, 9.17) is 26.5 Å². The molecule has 0 aliphatic heterocycles. The number of hydrogen-bond acceptors (Lipinski definition) is 3. The van der Waals surface area contributed by atoms with Crippen LogP contribution < -0.4 is 5.73 Å². The molecular weight excluding hydrogens is 268 g/mol. The van der Waals surface area contributed by atoms with Crippen molar-refractivity contribution >= 4 is 17.5 Å². The summed E-state index contributed by atoms with van der Waals surface area (Å²) in [5.74, 6) is 0.0446. The fraction of sp³-hybridized carbons (Fsp3) is 0.308. The first-order chi connectivity index (χ1) is 9.07. The van der Waals surface area contributed by atoms with Crippen LogP contribution in [0.25, 0.3) is 11.5 Å². The molecule has 19 heavy (non-hydrogen) atoms. The van der Waals surface area contributed by atoms with Crippen molar-refractivity contribution in [1.29, 1.82) is 0 Å². The standard InChI is InChI=1S/C13H15ClN2O3/c1-8-10(13(15)17)11(14)12(9-4-3-6-19-9)16(8)5-7-18-2/h3-4,6H,5,7H2,1-2H3,(H2,15,17). The third-order valence-corrected chi connectivity index (χ3v) is 3.35. The average Bonchev–Trinajstić information content (AvgIpc) is 2.93. The topological polar surface area (TPSA) is 70.4 Å². The van der Waals surface area contributed by atoms with Crippen LogP contribution in [-0.2, 0) is 11.3 Å². The summed E-state index contributed by atoms with van der Waals surface area (Å²) in [5.41, 5.74) is 7.06. The first-order valence-corrected chi connectivity index (χ1v) is 6.17. The monoisotopic (exact) mass is 282 g/mol. The van der Waals surface area contributed by atoms with Crippen LogP contribution in [0.15, 0.2) is 22.8 Å². The maximum Gasteiger partial charge on any atom is 0.252 e. The molecule has 0 unspecified atom stereocenters. The SMILES string of the molecule is COCCn1c(C)c(C(N)=O)c(Cl)c1-c1ccco1. The zero-order valence-corrected chi connectivity index (χ0v) is 11.5. The van der Waals surface area contributed by atoms with Gasteiger partial charge in [0.05, 0.1) is 23.5 Å². The van der Waals surface area contributed by atoms with Crippen molar-refractivity contribution in [3.8, 4) is 11.5 Å². The van der Waals surface area contributed by atoms with Crippen molar-refractivity contribution in [2.75, 3.05) is 13.7 Å². The minimum atomic E-state index is -0.550. The second-order valence-electron chi connectivity index (χ2n) is 4.11. The number of nitrogens with two attached hydrogens (primary N) is 1. The van der Waals surface area contributed by atoms with Gasteiger partial charge >= 0.3 is 0 Å². The predicted molar refractivity (Wildman–Crippen MR) is 72.3 cm³/mol. The van der Waals surface area contributed by atoms with Crippen LogP contribution in [0, 0.1) is 6.92 Å². The minimum Gasteiger partial charge on any atom is -0.463 e. The van der Waals surface area contributed by atoms with Gasteiger partial charge in [-0.05, 0) is 19.1 Å². The Labute approximate surface area is 115 Å². The minimum absolute atomic E-state index is 0.316. The molecular formula is C13H15ClN2O3. The highest BCUT2D eigenvalue weighted by atomic mass is 35.5. The van der Waals surface area contributed by atoms with E-state index in [9.17, 15) is 4.79 Å². The van der Waals surface area contributed by atoms with Crippen LogP contribution in [0.2, 0.25) is 5.02 Å².